The van der Waals surface area contributed by atoms with Gasteiger partial charge in [0.05, 0.1) is 25.4 Å². The lowest BCUT2D eigenvalue weighted by molar-refractivity contribution is 0.0639. The van der Waals surface area contributed by atoms with Gasteiger partial charge in [-0.3, -0.25) is 0 Å². The van der Waals surface area contributed by atoms with Crippen molar-refractivity contribution in [3.63, 3.8) is 0 Å². The van der Waals surface area contributed by atoms with Crippen LogP contribution in [0.2, 0.25) is 0 Å². The highest BCUT2D eigenvalue weighted by Crippen LogP contribution is 2.34. The van der Waals surface area contributed by atoms with Gasteiger partial charge in [-0.05, 0) is 12.7 Å². The van der Waals surface area contributed by atoms with Crippen LogP contribution in [0.15, 0.2) is 24.1 Å². The van der Waals surface area contributed by atoms with Gasteiger partial charge in [0.15, 0.2) is 0 Å². The molecule has 4 unspecified atom stereocenters. The number of ether oxygens (including phenoxy) is 2. The maximum atomic E-state index is 5.65. The monoisotopic (exact) mass is 178 g/mol. The highest BCUT2D eigenvalue weighted by atomic mass is 16.6. The third-order valence-corrected chi connectivity index (χ3v) is 2.74. The molecule has 0 aromatic rings. The van der Waals surface area contributed by atoms with Crippen molar-refractivity contribution in [3.05, 3.63) is 24.1 Å². The van der Waals surface area contributed by atoms with E-state index in [0.717, 1.165) is 13.2 Å². The first-order chi connectivity index (χ1) is 6.33. The quantitative estimate of drug-likeness (QED) is 0.567. The molecule has 2 heteroatoms. The van der Waals surface area contributed by atoms with Gasteiger partial charge in [-0.25, -0.2) is 0 Å². The highest BCUT2D eigenvalue weighted by Gasteiger charge is 2.44. The molecular formula is C11H14O2. The molecule has 0 aromatic heterocycles. The minimum atomic E-state index is 0.232. The van der Waals surface area contributed by atoms with Crippen molar-refractivity contribution in [1.82, 2.24) is 0 Å². The SMILES string of the molecule is C=C=C=CC1COC2C(C)COC12. The topological polar surface area (TPSA) is 18.5 Å². The highest BCUT2D eigenvalue weighted by molar-refractivity contribution is 5.01. The molecule has 0 bridgehead atoms. The zero-order valence-electron chi connectivity index (χ0n) is 7.82. The Morgan fingerprint density at radius 2 is 2.08 bits per heavy atom. The van der Waals surface area contributed by atoms with Crippen LogP contribution >= 0.6 is 0 Å². The van der Waals surface area contributed by atoms with Crippen molar-refractivity contribution in [2.24, 2.45) is 11.8 Å². The molecule has 0 radical (unpaired) electrons. The Kier molecular flexibility index (Phi) is 2.39. The molecule has 0 amide bonds. The van der Waals surface area contributed by atoms with Crippen molar-refractivity contribution >= 4 is 0 Å². The Balaban J connectivity index is 2.10. The summed E-state index contributed by atoms with van der Waals surface area (Å²) in [6, 6.07) is 0. The van der Waals surface area contributed by atoms with Crippen LogP contribution in [0.1, 0.15) is 6.92 Å². The molecule has 0 saturated carbocycles. The molecule has 4 atom stereocenters. The molecule has 0 N–H and O–H groups in total. The van der Waals surface area contributed by atoms with Crippen LogP contribution in [-0.2, 0) is 9.47 Å². The molecule has 0 spiro atoms. The van der Waals surface area contributed by atoms with Crippen molar-refractivity contribution in [3.8, 4) is 0 Å². The molecule has 0 aliphatic carbocycles. The summed E-state index contributed by atoms with van der Waals surface area (Å²) in [4.78, 5) is 0. The van der Waals surface area contributed by atoms with Crippen LogP contribution < -0.4 is 0 Å². The van der Waals surface area contributed by atoms with E-state index in [4.69, 9.17) is 9.47 Å². The van der Waals surface area contributed by atoms with E-state index < -0.39 is 0 Å². The van der Waals surface area contributed by atoms with Crippen LogP contribution in [0, 0.1) is 11.8 Å². The van der Waals surface area contributed by atoms with Gasteiger partial charge < -0.3 is 9.47 Å². The molecule has 2 aliphatic heterocycles. The van der Waals surface area contributed by atoms with Crippen molar-refractivity contribution in [1.29, 1.82) is 0 Å². The lowest BCUT2D eigenvalue weighted by atomic mass is 9.97. The molecule has 2 fully saturated rings. The molecule has 0 aromatic carbocycles. The van der Waals surface area contributed by atoms with E-state index >= 15 is 0 Å². The van der Waals surface area contributed by atoms with E-state index in [0.29, 0.717) is 11.8 Å². The van der Waals surface area contributed by atoms with E-state index in [-0.39, 0.29) is 12.2 Å². The second kappa shape index (κ2) is 3.53. The van der Waals surface area contributed by atoms with E-state index in [1.54, 1.807) is 0 Å². The smallest absolute Gasteiger partial charge is 0.0931 e. The lowest BCUT2D eigenvalue weighted by Crippen LogP contribution is -2.23. The summed E-state index contributed by atoms with van der Waals surface area (Å²) >= 11 is 0. The van der Waals surface area contributed by atoms with Crippen molar-refractivity contribution < 1.29 is 9.47 Å². The second-order valence-electron chi connectivity index (χ2n) is 3.72. The van der Waals surface area contributed by atoms with E-state index in [9.17, 15) is 0 Å². The van der Waals surface area contributed by atoms with E-state index in [1.807, 2.05) is 6.08 Å². The Morgan fingerprint density at radius 1 is 1.31 bits per heavy atom. The average molecular weight is 178 g/mol. The Labute approximate surface area is 78.5 Å². The zero-order chi connectivity index (χ0) is 9.26. The fourth-order valence-corrected chi connectivity index (χ4v) is 2.03. The summed E-state index contributed by atoms with van der Waals surface area (Å²) in [5.74, 6) is 0.861. The van der Waals surface area contributed by atoms with Gasteiger partial charge in [0, 0.05) is 11.8 Å². The van der Waals surface area contributed by atoms with Crippen LogP contribution in [-0.4, -0.2) is 25.4 Å². The Bertz CT molecular complexity index is 272. The van der Waals surface area contributed by atoms with Crippen LogP contribution in [0.3, 0.4) is 0 Å². The first kappa shape index (κ1) is 8.80. The lowest BCUT2D eigenvalue weighted by Gasteiger charge is -2.11. The molecule has 2 rings (SSSR count). The number of fused-ring (bicyclic) bond motifs is 1. The minimum absolute atomic E-state index is 0.232. The Morgan fingerprint density at radius 3 is 2.85 bits per heavy atom. The van der Waals surface area contributed by atoms with E-state index in [1.165, 1.54) is 0 Å². The Hall–Kier alpha value is -0.780. The van der Waals surface area contributed by atoms with Crippen LogP contribution in [0.25, 0.3) is 0 Å². The van der Waals surface area contributed by atoms with Crippen LogP contribution in [0.4, 0.5) is 0 Å². The third kappa shape index (κ3) is 1.50. The second-order valence-corrected chi connectivity index (χ2v) is 3.72. The summed E-state index contributed by atoms with van der Waals surface area (Å²) in [6.07, 6.45) is 2.47. The first-order valence-corrected chi connectivity index (χ1v) is 4.67. The summed E-state index contributed by atoms with van der Waals surface area (Å²) in [6.45, 7) is 7.20. The molecular weight excluding hydrogens is 164 g/mol. The molecule has 2 nitrogen and oxygen atoms in total. The van der Waals surface area contributed by atoms with Gasteiger partial charge in [0.1, 0.15) is 0 Å². The predicted molar refractivity (Wildman–Crippen MR) is 49.4 cm³/mol. The van der Waals surface area contributed by atoms with E-state index in [2.05, 4.69) is 25.0 Å². The fraction of sp³-hybridized carbons (Fsp3) is 0.636. The predicted octanol–water partition coefficient (Wildman–Crippen LogP) is 1.53. The zero-order valence-corrected chi connectivity index (χ0v) is 7.82. The minimum Gasteiger partial charge on any atom is -0.374 e. The summed E-state index contributed by atoms with van der Waals surface area (Å²) < 4.78 is 11.3. The average Bonchev–Trinajstić information content (AvgIpc) is 2.67. The maximum Gasteiger partial charge on any atom is 0.0931 e. The first-order valence-electron chi connectivity index (χ1n) is 4.67. The van der Waals surface area contributed by atoms with Gasteiger partial charge in [-0.2, -0.15) is 0 Å². The van der Waals surface area contributed by atoms with Crippen molar-refractivity contribution in [2.45, 2.75) is 19.1 Å². The summed E-state index contributed by atoms with van der Waals surface area (Å²) in [7, 11) is 0. The van der Waals surface area contributed by atoms with Gasteiger partial charge >= 0.3 is 0 Å². The largest absolute Gasteiger partial charge is 0.374 e. The van der Waals surface area contributed by atoms with Gasteiger partial charge in [-0.1, -0.05) is 18.4 Å². The fourth-order valence-electron chi connectivity index (χ4n) is 2.03. The standard InChI is InChI=1S/C11H14O2/c1-3-4-5-9-7-13-10-8(2)6-12-11(9)10/h5,8-11H,1,6-7H2,2H3. The number of hydrogen-bond acceptors (Lipinski definition) is 2. The summed E-state index contributed by atoms with van der Waals surface area (Å²) in [5, 5.41) is 0. The molecule has 13 heavy (non-hydrogen) atoms. The molecule has 70 valence electrons. The maximum absolute atomic E-state index is 5.65. The number of rotatable bonds is 1. The van der Waals surface area contributed by atoms with Gasteiger partial charge in [0.25, 0.3) is 0 Å². The molecule has 2 saturated heterocycles. The van der Waals surface area contributed by atoms with Crippen LogP contribution in [0.5, 0.6) is 0 Å². The normalized spacial score (nSPS) is 42.2. The van der Waals surface area contributed by atoms with Gasteiger partial charge in [0.2, 0.25) is 0 Å². The van der Waals surface area contributed by atoms with Gasteiger partial charge in [-0.15, -0.1) is 0 Å². The molecule has 2 heterocycles. The molecule has 2 aliphatic rings. The van der Waals surface area contributed by atoms with Crippen molar-refractivity contribution in [2.75, 3.05) is 13.2 Å². The summed E-state index contributed by atoms with van der Waals surface area (Å²) in [5.41, 5.74) is 5.49. The number of hydrogen-bond donors (Lipinski definition) is 0. The third-order valence-electron chi connectivity index (χ3n) is 2.74.